The van der Waals surface area contributed by atoms with Crippen LogP contribution in [0, 0.1) is 0 Å². The van der Waals surface area contributed by atoms with Gasteiger partial charge in [-0.05, 0) is 26.0 Å². The van der Waals surface area contributed by atoms with E-state index in [0.717, 1.165) is 40.5 Å². The fourth-order valence-electron chi connectivity index (χ4n) is 3.95. The average Bonchev–Trinajstić information content (AvgIpc) is 3.39. The molecule has 0 atom stereocenters. The third kappa shape index (κ3) is 2.82. The maximum atomic E-state index is 5.70. The van der Waals surface area contributed by atoms with Gasteiger partial charge in [-0.15, -0.1) is 0 Å². The van der Waals surface area contributed by atoms with Crippen molar-refractivity contribution in [2.24, 2.45) is 0 Å². The van der Waals surface area contributed by atoms with E-state index in [1.54, 1.807) is 7.11 Å². The van der Waals surface area contributed by atoms with Gasteiger partial charge in [0.1, 0.15) is 11.4 Å². The van der Waals surface area contributed by atoms with Gasteiger partial charge in [0.25, 0.3) is 0 Å². The molecule has 138 valence electrons. The second-order valence-electron chi connectivity index (χ2n) is 6.83. The first-order valence-electron chi connectivity index (χ1n) is 9.21. The largest absolute Gasteiger partial charge is 0.494 e. The predicted molar refractivity (Wildman–Crippen MR) is 103 cm³/mol. The monoisotopic (exact) mass is 354 g/mol. The minimum Gasteiger partial charge on any atom is -0.494 e. The number of hydrogen-bond acceptors (Lipinski definition) is 5. The first kappa shape index (κ1) is 16.9. The number of anilines is 1. The molecule has 0 aliphatic heterocycles. The van der Waals surface area contributed by atoms with E-state index < -0.39 is 0 Å². The summed E-state index contributed by atoms with van der Waals surface area (Å²) in [5.41, 5.74) is 4.11. The molecule has 7 nitrogen and oxygen atoms in total. The number of hydrogen-bond donors (Lipinski definition) is 2. The lowest BCUT2D eigenvalue weighted by molar-refractivity contribution is 0.412. The van der Waals surface area contributed by atoms with Crippen LogP contribution in [0.3, 0.4) is 0 Å². The zero-order valence-corrected chi connectivity index (χ0v) is 15.6. The summed E-state index contributed by atoms with van der Waals surface area (Å²) in [6, 6.07) is 4.66. The zero-order chi connectivity index (χ0) is 18.1. The number of nitrogens with zero attached hydrogens (tertiary/aromatic N) is 4. The molecule has 0 amide bonds. The van der Waals surface area contributed by atoms with Crippen LogP contribution >= 0.6 is 0 Å². The van der Waals surface area contributed by atoms with E-state index in [2.05, 4.69) is 32.4 Å². The van der Waals surface area contributed by atoms with Crippen LogP contribution in [-0.4, -0.2) is 40.5 Å². The smallest absolute Gasteiger partial charge is 0.203 e. The topological polar surface area (TPSA) is 68.9 Å². The van der Waals surface area contributed by atoms with E-state index in [4.69, 9.17) is 9.72 Å². The number of benzene rings is 1. The normalized spacial score (nSPS) is 15.0. The van der Waals surface area contributed by atoms with Gasteiger partial charge < -0.3 is 19.9 Å². The minimum atomic E-state index is 0.505. The molecule has 26 heavy (non-hydrogen) atoms. The molecule has 7 heteroatoms. The van der Waals surface area contributed by atoms with Crippen molar-refractivity contribution >= 4 is 17.0 Å². The highest BCUT2D eigenvalue weighted by Gasteiger charge is 2.23. The Morgan fingerprint density at radius 3 is 2.73 bits per heavy atom. The highest BCUT2D eigenvalue weighted by atomic mass is 16.5. The van der Waals surface area contributed by atoms with Crippen LogP contribution in [-0.2, 0) is 6.54 Å². The summed E-state index contributed by atoms with van der Waals surface area (Å²) in [5.74, 6) is 1.72. The second kappa shape index (κ2) is 6.99. The van der Waals surface area contributed by atoms with Crippen LogP contribution in [0.25, 0.3) is 16.7 Å². The molecule has 2 N–H and O–H groups in total. The molecule has 2 heterocycles. The summed E-state index contributed by atoms with van der Waals surface area (Å²) in [6.45, 7) is 0.783. The average molecular weight is 354 g/mol. The number of fused-ring (bicyclic) bond motifs is 1. The molecule has 0 bridgehead atoms. The van der Waals surface area contributed by atoms with E-state index in [0.29, 0.717) is 6.04 Å². The Labute approximate surface area is 153 Å². The lowest BCUT2D eigenvalue weighted by Crippen LogP contribution is -2.09. The van der Waals surface area contributed by atoms with Gasteiger partial charge in [0.15, 0.2) is 0 Å². The summed E-state index contributed by atoms with van der Waals surface area (Å²) in [7, 11) is 5.57. The molecule has 1 aromatic carbocycles. The SMILES string of the molecule is CNCc1cnn(-c2cc3nc(NC)n(C4CCCC4)c3cc2OC)c1. The maximum absolute atomic E-state index is 5.70. The summed E-state index contributed by atoms with van der Waals surface area (Å²) in [6.07, 6.45) is 8.87. The molecular weight excluding hydrogens is 328 g/mol. The van der Waals surface area contributed by atoms with E-state index in [1.807, 2.05) is 31.2 Å². The summed E-state index contributed by atoms with van der Waals surface area (Å²) in [5, 5.41) is 10.9. The summed E-state index contributed by atoms with van der Waals surface area (Å²) in [4.78, 5) is 4.82. The molecule has 2 aromatic heterocycles. The molecule has 3 aromatic rings. The van der Waals surface area contributed by atoms with Gasteiger partial charge in [0, 0.05) is 37.5 Å². The van der Waals surface area contributed by atoms with Crippen LogP contribution in [0.5, 0.6) is 5.75 Å². The molecule has 1 fully saturated rings. The Morgan fingerprint density at radius 2 is 2.04 bits per heavy atom. The number of nitrogens with one attached hydrogen (secondary N) is 2. The third-order valence-corrected chi connectivity index (χ3v) is 5.17. The van der Waals surface area contributed by atoms with Crippen molar-refractivity contribution in [1.82, 2.24) is 24.6 Å². The molecule has 1 aliphatic carbocycles. The highest BCUT2D eigenvalue weighted by Crippen LogP contribution is 2.37. The standard InChI is InChI=1S/C19H26N6O/c1-20-10-13-11-22-24(12-13)17-8-15-16(9-18(17)26-3)25(19(21-2)23-15)14-6-4-5-7-14/h8-9,11-12,14,20H,4-7,10H2,1-3H3,(H,21,23). The van der Waals surface area contributed by atoms with E-state index in [-0.39, 0.29) is 0 Å². The van der Waals surface area contributed by atoms with Crippen molar-refractivity contribution in [3.05, 3.63) is 30.1 Å². The molecule has 0 unspecified atom stereocenters. The van der Waals surface area contributed by atoms with Crippen LogP contribution in [0.1, 0.15) is 37.3 Å². The predicted octanol–water partition coefficient (Wildman–Crippen LogP) is 3.11. The minimum absolute atomic E-state index is 0.505. The van der Waals surface area contributed by atoms with E-state index in [1.165, 1.54) is 25.7 Å². The van der Waals surface area contributed by atoms with Crippen LogP contribution in [0.4, 0.5) is 5.95 Å². The lowest BCUT2D eigenvalue weighted by atomic mass is 10.2. The van der Waals surface area contributed by atoms with Crippen molar-refractivity contribution in [2.75, 3.05) is 26.5 Å². The number of methoxy groups -OCH3 is 1. The van der Waals surface area contributed by atoms with E-state index >= 15 is 0 Å². The third-order valence-electron chi connectivity index (χ3n) is 5.17. The molecule has 0 saturated heterocycles. The van der Waals surface area contributed by atoms with Crippen molar-refractivity contribution < 1.29 is 4.74 Å². The zero-order valence-electron chi connectivity index (χ0n) is 15.6. The maximum Gasteiger partial charge on any atom is 0.203 e. The van der Waals surface area contributed by atoms with Crippen LogP contribution < -0.4 is 15.4 Å². The van der Waals surface area contributed by atoms with Crippen molar-refractivity contribution in [2.45, 2.75) is 38.3 Å². The van der Waals surface area contributed by atoms with Gasteiger partial charge in [0.05, 0.1) is 24.3 Å². The molecule has 1 saturated carbocycles. The Bertz CT molecular complexity index is 906. The first-order valence-corrected chi connectivity index (χ1v) is 9.21. The quantitative estimate of drug-likeness (QED) is 0.712. The van der Waals surface area contributed by atoms with Crippen molar-refractivity contribution in [1.29, 1.82) is 0 Å². The fourth-order valence-corrected chi connectivity index (χ4v) is 3.95. The van der Waals surface area contributed by atoms with Crippen LogP contribution in [0.15, 0.2) is 24.5 Å². The molecule has 4 rings (SSSR count). The van der Waals surface area contributed by atoms with Crippen LogP contribution in [0.2, 0.25) is 0 Å². The van der Waals surface area contributed by atoms with Crippen molar-refractivity contribution in [3.63, 3.8) is 0 Å². The van der Waals surface area contributed by atoms with E-state index in [9.17, 15) is 0 Å². The number of aromatic nitrogens is 4. The molecule has 0 radical (unpaired) electrons. The first-order chi connectivity index (χ1) is 12.7. The Morgan fingerprint density at radius 1 is 1.23 bits per heavy atom. The van der Waals surface area contributed by atoms with Gasteiger partial charge in [-0.2, -0.15) is 5.10 Å². The second-order valence-corrected chi connectivity index (χ2v) is 6.83. The molecular formula is C19H26N6O. The Balaban J connectivity index is 1.84. The Hall–Kier alpha value is -2.54. The summed E-state index contributed by atoms with van der Waals surface area (Å²) < 4.78 is 9.90. The van der Waals surface area contributed by atoms with Gasteiger partial charge in [-0.3, -0.25) is 0 Å². The summed E-state index contributed by atoms with van der Waals surface area (Å²) >= 11 is 0. The Kier molecular flexibility index (Phi) is 4.55. The van der Waals surface area contributed by atoms with Gasteiger partial charge in [-0.1, -0.05) is 12.8 Å². The number of rotatable bonds is 6. The van der Waals surface area contributed by atoms with Gasteiger partial charge in [0.2, 0.25) is 5.95 Å². The van der Waals surface area contributed by atoms with Crippen molar-refractivity contribution in [3.8, 4) is 11.4 Å². The number of imidazole rings is 1. The highest BCUT2D eigenvalue weighted by molar-refractivity contribution is 5.84. The molecule has 1 aliphatic rings. The number of ether oxygens (including phenoxy) is 1. The van der Waals surface area contributed by atoms with Gasteiger partial charge in [-0.25, -0.2) is 9.67 Å². The lowest BCUT2D eigenvalue weighted by Gasteiger charge is -2.16. The molecule has 0 spiro atoms. The fraction of sp³-hybridized carbons (Fsp3) is 0.474. The van der Waals surface area contributed by atoms with Gasteiger partial charge >= 0.3 is 0 Å².